The molecule has 0 saturated heterocycles. The van der Waals surface area contributed by atoms with Crippen LogP contribution in [0.2, 0.25) is 0 Å². The van der Waals surface area contributed by atoms with E-state index in [1.165, 1.54) is 45.6 Å². The lowest BCUT2D eigenvalue weighted by Gasteiger charge is -2.16. The van der Waals surface area contributed by atoms with Crippen molar-refractivity contribution in [2.75, 3.05) is 26.1 Å². The van der Waals surface area contributed by atoms with Crippen molar-refractivity contribution in [3.63, 3.8) is 0 Å². The third-order valence-electron chi connectivity index (χ3n) is 5.01. The van der Waals surface area contributed by atoms with E-state index in [0.717, 1.165) is 12.8 Å². The standard InChI is InChI=1S/C21H26N2O6S/c1-13(14-5-6-14)22-21(24)15-7-8-19(29-4)20(9-15)30(25,26)23-16-10-17(27-2)12-18(11-16)28-3/h7-14,23H,5-6H2,1-4H3,(H,22,24)/t13-/m0/s1. The van der Waals surface area contributed by atoms with Gasteiger partial charge in [0, 0.05) is 29.8 Å². The van der Waals surface area contributed by atoms with Crippen molar-refractivity contribution in [2.45, 2.75) is 30.7 Å². The van der Waals surface area contributed by atoms with Gasteiger partial charge in [-0.1, -0.05) is 0 Å². The fourth-order valence-electron chi connectivity index (χ4n) is 3.11. The minimum Gasteiger partial charge on any atom is -0.497 e. The third-order valence-corrected chi connectivity index (χ3v) is 6.41. The predicted octanol–water partition coefficient (Wildman–Crippen LogP) is 3.04. The van der Waals surface area contributed by atoms with Gasteiger partial charge in [-0.3, -0.25) is 9.52 Å². The van der Waals surface area contributed by atoms with Crippen molar-refractivity contribution in [1.82, 2.24) is 5.32 Å². The molecule has 0 unspecified atom stereocenters. The van der Waals surface area contributed by atoms with Crippen LogP contribution >= 0.6 is 0 Å². The van der Waals surface area contributed by atoms with E-state index < -0.39 is 10.0 Å². The summed E-state index contributed by atoms with van der Waals surface area (Å²) in [5.74, 6) is 1.16. The number of carbonyl (C=O) groups is 1. The van der Waals surface area contributed by atoms with Crippen LogP contribution in [0.15, 0.2) is 41.3 Å². The zero-order valence-corrected chi connectivity index (χ0v) is 18.2. The summed E-state index contributed by atoms with van der Waals surface area (Å²) in [6.07, 6.45) is 2.19. The van der Waals surface area contributed by atoms with Crippen LogP contribution in [0.1, 0.15) is 30.1 Å². The molecule has 1 fully saturated rings. The minimum absolute atomic E-state index is 0.0435. The number of benzene rings is 2. The molecular weight excluding hydrogens is 408 g/mol. The molecular formula is C21H26N2O6S. The molecule has 1 saturated carbocycles. The molecule has 9 heteroatoms. The highest BCUT2D eigenvalue weighted by Crippen LogP contribution is 2.33. The van der Waals surface area contributed by atoms with Gasteiger partial charge >= 0.3 is 0 Å². The second-order valence-electron chi connectivity index (χ2n) is 7.17. The summed E-state index contributed by atoms with van der Waals surface area (Å²) < 4.78 is 44.3. The van der Waals surface area contributed by atoms with Crippen molar-refractivity contribution in [2.24, 2.45) is 5.92 Å². The highest BCUT2D eigenvalue weighted by atomic mass is 32.2. The summed E-state index contributed by atoms with van der Waals surface area (Å²) in [5, 5.41) is 2.93. The van der Waals surface area contributed by atoms with E-state index in [1.807, 2.05) is 6.92 Å². The Labute approximate surface area is 176 Å². The number of hydrogen-bond acceptors (Lipinski definition) is 6. The Hall–Kier alpha value is -2.94. The Bertz CT molecular complexity index is 1010. The van der Waals surface area contributed by atoms with E-state index in [2.05, 4.69) is 10.0 Å². The molecule has 30 heavy (non-hydrogen) atoms. The molecule has 1 aliphatic rings. The van der Waals surface area contributed by atoms with Crippen molar-refractivity contribution < 1.29 is 27.4 Å². The Morgan fingerprint density at radius 2 is 1.63 bits per heavy atom. The van der Waals surface area contributed by atoms with Crippen LogP contribution in [0.5, 0.6) is 17.2 Å². The second-order valence-corrected chi connectivity index (χ2v) is 8.82. The molecule has 2 aromatic rings. The number of methoxy groups -OCH3 is 3. The van der Waals surface area contributed by atoms with Crippen molar-refractivity contribution in [3.8, 4) is 17.2 Å². The largest absolute Gasteiger partial charge is 0.497 e. The first-order valence-corrected chi connectivity index (χ1v) is 11.0. The molecule has 8 nitrogen and oxygen atoms in total. The van der Waals surface area contributed by atoms with Gasteiger partial charge in [0.25, 0.3) is 15.9 Å². The lowest BCUT2D eigenvalue weighted by molar-refractivity contribution is 0.0935. The average Bonchev–Trinajstić information content (AvgIpc) is 3.58. The number of hydrogen-bond donors (Lipinski definition) is 2. The average molecular weight is 435 g/mol. The highest BCUT2D eigenvalue weighted by molar-refractivity contribution is 7.92. The van der Waals surface area contributed by atoms with Crippen molar-refractivity contribution in [3.05, 3.63) is 42.0 Å². The van der Waals surface area contributed by atoms with Gasteiger partial charge in [0.2, 0.25) is 0 Å². The smallest absolute Gasteiger partial charge is 0.265 e. The lowest BCUT2D eigenvalue weighted by atomic mass is 10.1. The molecule has 0 aliphatic heterocycles. The van der Waals surface area contributed by atoms with Crippen LogP contribution in [0.4, 0.5) is 5.69 Å². The molecule has 0 heterocycles. The summed E-state index contributed by atoms with van der Waals surface area (Å²) in [6, 6.07) is 9.06. The van der Waals surface area contributed by atoms with Gasteiger partial charge in [-0.25, -0.2) is 8.42 Å². The number of carbonyl (C=O) groups excluding carboxylic acids is 1. The molecule has 2 aromatic carbocycles. The fourth-order valence-corrected chi connectivity index (χ4v) is 4.35. The molecule has 3 rings (SSSR count). The highest BCUT2D eigenvalue weighted by Gasteiger charge is 2.29. The summed E-state index contributed by atoms with van der Waals surface area (Å²) in [7, 11) is 0.258. The Morgan fingerprint density at radius 3 is 2.17 bits per heavy atom. The van der Waals surface area contributed by atoms with Crippen molar-refractivity contribution >= 4 is 21.6 Å². The van der Waals surface area contributed by atoms with Gasteiger partial charge in [0.1, 0.15) is 22.1 Å². The summed E-state index contributed by atoms with van der Waals surface area (Å²) >= 11 is 0. The van der Waals surface area contributed by atoms with Gasteiger partial charge in [-0.2, -0.15) is 0 Å². The van der Waals surface area contributed by atoms with Gasteiger partial charge in [-0.05, 0) is 43.9 Å². The van der Waals surface area contributed by atoms with Crippen LogP contribution in [-0.2, 0) is 10.0 Å². The first-order valence-electron chi connectivity index (χ1n) is 9.52. The number of sulfonamides is 1. The van der Waals surface area contributed by atoms with E-state index >= 15 is 0 Å². The number of nitrogens with one attached hydrogen (secondary N) is 2. The third kappa shape index (κ3) is 4.96. The topological polar surface area (TPSA) is 103 Å². The minimum atomic E-state index is -4.06. The van der Waals surface area contributed by atoms with Gasteiger partial charge in [-0.15, -0.1) is 0 Å². The monoisotopic (exact) mass is 434 g/mol. The van der Waals surface area contributed by atoms with E-state index in [1.54, 1.807) is 12.1 Å². The number of ether oxygens (including phenoxy) is 3. The molecule has 1 atom stereocenters. The Morgan fingerprint density at radius 1 is 1.00 bits per heavy atom. The quantitative estimate of drug-likeness (QED) is 0.629. The summed E-state index contributed by atoms with van der Waals surface area (Å²) in [5.41, 5.74) is 0.498. The zero-order chi connectivity index (χ0) is 21.9. The molecule has 1 amide bonds. The number of anilines is 1. The molecule has 2 N–H and O–H groups in total. The van der Waals surface area contributed by atoms with Crippen LogP contribution in [0, 0.1) is 5.92 Å². The maximum Gasteiger partial charge on any atom is 0.265 e. The van der Waals surface area contributed by atoms with E-state index in [4.69, 9.17) is 14.2 Å². The summed E-state index contributed by atoms with van der Waals surface area (Å²) in [4.78, 5) is 12.5. The lowest BCUT2D eigenvalue weighted by Crippen LogP contribution is -2.34. The predicted molar refractivity (Wildman–Crippen MR) is 113 cm³/mol. The van der Waals surface area contributed by atoms with E-state index in [0.29, 0.717) is 17.4 Å². The number of rotatable bonds is 9. The maximum absolute atomic E-state index is 13.1. The first-order chi connectivity index (χ1) is 14.3. The Kier molecular flexibility index (Phi) is 6.40. The van der Waals surface area contributed by atoms with Crippen LogP contribution in [0.25, 0.3) is 0 Å². The maximum atomic E-state index is 13.1. The fraction of sp³-hybridized carbons (Fsp3) is 0.381. The molecule has 0 aromatic heterocycles. The first kappa shape index (κ1) is 21.8. The number of amides is 1. The molecule has 0 radical (unpaired) electrons. The molecule has 162 valence electrons. The zero-order valence-electron chi connectivity index (χ0n) is 17.4. The molecule has 1 aliphatic carbocycles. The molecule has 0 spiro atoms. The van der Waals surface area contributed by atoms with Crippen LogP contribution in [0.3, 0.4) is 0 Å². The summed E-state index contributed by atoms with van der Waals surface area (Å²) in [6.45, 7) is 1.95. The normalized spacial score (nSPS) is 14.5. The molecule has 0 bridgehead atoms. The van der Waals surface area contributed by atoms with Gasteiger partial charge in [0.05, 0.1) is 27.0 Å². The van der Waals surface area contributed by atoms with Crippen LogP contribution < -0.4 is 24.2 Å². The Balaban J connectivity index is 1.91. The van der Waals surface area contributed by atoms with E-state index in [9.17, 15) is 13.2 Å². The van der Waals surface area contributed by atoms with Crippen LogP contribution in [-0.4, -0.2) is 41.7 Å². The van der Waals surface area contributed by atoms with Crippen molar-refractivity contribution in [1.29, 1.82) is 0 Å². The van der Waals surface area contributed by atoms with Gasteiger partial charge < -0.3 is 19.5 Å². The second kappa shape index (κ2) is 8.83. The van der Waals surface area contributed by atoms with Gasteiger partial charge in [0.15, 0.2) is 0 Å². The SMILES string of the molecule is COc1cc(NS(=O)(=O)c2cc(C(=O)N[C@@H](C)C3CC3)ccc2OC)cc(OC)c1. The van der Waals surface area contributed by atoms with E-state index in [-0.39, 0.29) is 33.8 Å².